The Labute approximate surface area is 208 Å². The van der Waals surface area contributed by atoms with Gasteiger partial charge in [-0.1, -0.05) is 50.1 Å². The van der Waals surface area contributed by atoms with Crippen molar-refractivity contribution in [3.63, 3.8) is 0 Å². The largest absolute Gasteiger partial charge is 0.483 e. The molecule has 3 N–H and O–H groups in total. The van der Waals surface area contributed by atoms with E-state index in [-0.39, 0.29) is 42.1 Å². The summed E-state index contributed by atoms with van der Waals surface area (Å²) in [5.41, 5.74) is 2.14. The minimum absolute atomic E-state index is 0.0753. The molecule has 1 aliphatic carbocycles. The summed E-state index contributed by atoms with van der Waals surface area (Å²) in [6, 6.07) is 13.2. The molecular formula is C26H29FN4O3S. The van der Waals surface area contributed by atoms with Crippen molar-refractivity contribution in [1.29, 1.82) is 0 Å². The molecule has 0 bridgehead atoms. The molecular weight excluding hydrogens is 467 g/mol. The van der Waals surface area contributed by atoms with Gasteiger partial charge in [0.05, 0.1) is 6.04 Å². The van der Waals surface area contributed by atoms with Crippen molar-refractivity contribution in [2.45, 2.75) is 57.7 Å². The molecule has 1 aromatic heterocycles. The number of urea groups is 1. The number of nitrogens with one attached hydrogen (secondary N) is 3. The van der Waals surface area contributed by atoms with E-state index in [0.717, 1.165) is 43.4 Å². The van der Waals surface area contributed by atoms with Gasteiger partial charge in [0.15, 0.2) is 11.6 Å². The molecule has 4 rings (SSSR count). The third-order valence-electron chi connectivity index (χ3n) is 6.02. The lowest BCUT2D eigenvalue weighted by molar-refractivity contribution is 0.0911. The summed E-state index contributed by atoms with van der Waals surface area (Å²) in [4.78, 5) is 29.9. The standard InChI is InChI=1S/C26H29FN4O3S/c1-2-17-9-3-5-11-19(17)30-26(33)31-21-13-7-6-12-20(21)29-25(32)22-16-35-24(28-22)15-34-23-14-8-4-10-18(23)27/h3-5,8-11,14,16,20-21H,2,6-7,12-13,15H2,1H3,(H,29,32)(H2,30,31,33)/t20-,21+/m0/s1. The second-order valence-electron chi connectivity index (χ2n) is 8.43. The van der Waals surface area contributed by atoms with Gasteiger partial charge in [0, 0.05) is 17.1 Å². The van der Waals surface area contributed by atoms with E-state index in [2.05, 4.69) is 20.9 Å². The number of carbonyl (C=O) groups is 2. The van der Waals surface area contributed by atoms with Crippen LogP contribution in [-0.4, -0.2) is 29.0 Å². The number of anilines is 1. The zero-order valence-corrected chi connectivity index (χ0v) is 20.4. The zero-order valence-electron chi connectivity index (χ0n) is 19.6. The highest BCUT2D eigenvalue weighted by Crippen LogP contribution is 2.22. The Kier molecular flexibility index (Phi) is 8.31. The summed E-state index contributed by atoms with van der Waals surface area (Å²) in [6.45, 7) is 2.12. The average molecular weight is 497 g/mol. The quantitative estimate of drug-likeness (QED) is 0.395. The molecule has 2 aromatic carbocycles. The van der Waals surface area contributed by atoms with Crippen molar-refractivity contribution < 1.29 is 18.7 Å². The van der Waals surface area contributed by atoms with Crippen LogP contribution in [0.2, 0.25) is 0 Å². The minimum atomic E-state index is -0.444. The summed E-state index contributed by atoms with van der Waals surface area (Å²) >= 11 is 1.28. The number of halogens is 1. The molecule has 1 aliphatic rings. The molecule has 7 nitrogen and oxygen atoms in total. The molecule has 2 atom stereocenters. The fourth-order valence-electron chi connectivity index (χ4n) is 4.18. The van der Waals surface area contributed by atoms with Crippen molar-refractivity contribution in [1.82, 2.24) is 15.6 Å². The number of aromatic nitrogens is 1. The smallest absolute Gasteiger partial charge is 0.319 e. The molecule has 0 unspecified atom stereocenters. The van der Waals surface area contributed by atoms with Gasteiger partial charge in [-0.15, -0.1) is 11.3 Å². The van der Waals surface area contributed by atoms with Crippen molar-refractivity contribution in [3.05, 3.63) is 76.0 Å². The lowest BCUT2D eigenvalue weighted by Gasteiger charge is -2.32. The molecule has 3 amide bonds. The Balaban J connectivity index is 1.33. The Morgan fingerprint density at radius 2 is 1.77 bits per heavy atom. The van der Waals surface area contributed by atoms with Gasteiger partial charge < -0.3 is 20.7 Å². The van der Waals surface area contributed by atoms with Gasteiger partial charge in [-0.05, 0) is 43.0 Å². The molecule has 0 saturated heterocycles. The van der Waals surface area contributed by atoms with Crippen LogP contribution in [0.4, 0.5) is 14.9 Å². The number of benzene rings is 2. The summed E-state index contributed by atoms with van der Waals surface area (Å²) in [7, 11) is 0. The Morgan fingerprint density at radius 1 is 1.06 bits per heavy atom. The fraction of sp³-hybridized carbons (Fsp3) is 0.346. The van der Waals surface area contributed by atoms with Crippen LogP contribution in [0.3, 0.4) is 0 Å². The molecule has 184 valence electrons. The fourth-order valence-corrected chi connectivity index (χ4v) is 4.86. The molecule has 3 aromatic rings. The van der Waals surface area contributed by atoms with Crippen LogP contribution in [-0.2, 0) is 13.0 Å². The number of hydrogen-bond acceptors (Lipinski definition) is 5. The molecule has 0 aliphatic heterocycles. The first-order valence-corrected chi connectivity index (χ1v) is 12.7. The number of hydrogen-bond donors (Lipinski definition) is 3. The Bertz CT molecular complexity index is 1170. The van der Waals surface area contributed by atoms with Gasteiger partial charge in [-0.2, -0.15) is 0 Å². The average Bonchev–Trinajstić information content (AvgIpc) is 3.34. The van der Waals surface area contributed by atoms with Crippen LogP contribution in [0.25, 0.3) is 0 Å². The molecule has 1 heterocycles. The van der Waals surface area contributed by atoms with E-state index in [4.69, 9.17) is 4.74 Å². The second-order valence-corrected chi connectivity index (χ2v) is 9.37. The van der Waals surface area contributed by atoms with Gasteiger partial charge in [0.25, 0.3) is 5.91 Å². The van der Waals surface area contributed by atoms with Crippen LogP contribution in [0, 0.1) is 5.82 Å². The normalized spacial score (nSPS) is 17.4. The van der Waals surface area contributed by atoms with Crippen LogP contribution in [0.15, 0.2) is 53.9 Å². The highest BCUT2D eigenvalue weighted by Gasteiger charge is 2.29. The number of carbonyl (C=O) groups excluding carboxylic acids is 2. The molecule has 1 saturated carbocycles. The van der Waals surface area contributed by atoms with E-state index in [1.165, 1.54) is 17.4 Å². The van der Waals surface area contributed by atoms with Gasteiger partial charge in [-0.25, -0.2) is 14.2 Å². The van der Waals surface area contributed by atoms with Gasteiger partial charge >= 0.3 is 6.03 Å². The third-order valence-corrected chi connectivity index (χ3v) is 6.84. The first kappa shape index (κ1) is 24.7. The van der Waals surface area contributed by atoms with Crippen LogP contribution in [0.1, 0.15) is 53.7 Å². The van der Waals surface area contributed by atoms with E-state index in [1.54, 1.807) is 23.6 Å². The maximum atomic E-state index is 13.7. The minimum Gasteiger partial charge on any atom is -0.483 e. The first-order chi connectivity index (χ1) is 17.0. The summed E-state index contributed by atoms with van der Waals surface area (Å²) in [6.07, 6.45) is 4.33. The van der Waals surface area contributed by atoms with E-state index >= 15 is 0 Å². The zero-order chi connectivity index (χ0) is 24.6. The lowest BCUT2D eigenvalue weighted by Crippen LogP contribution is -2.54. The van der Waals surface area contributed by atoms with Gasteiger partial charge in [0.2, 0.25) is 0 Å². The maximum Gasteiger partial charge on any atom is 0.319 e. The molecule has 0 spiro atoms. The molecule has 1 fully saturated rings. The van der Waals surface area contributed by atoms with Crippen LogP contribution in [0.5, 0.6) is 5.75 Å². The lowest BCUT2D eigenvalue weighted by atomic mass is 9.90. The second kappa shape index (κ2) is 11.8. The Morgan fingerprint density at radius 3 is 2.54 bits per heavy atom. The first-order valence-electron chi connectivity index (χ1n) is 11.8. The monoisotopic (exact) mass is 496 g/mol. The number of aryl methyl sites for hydroxylation is 1. The topological polar surface area (TPSA) is 92.4 Å². The van der Waals surface area contributed by atoms with Crippen LogP contribution >= 0.6 is 11.3 Å². The number of thiazole rings is 1. The summed E-state index contributed by atoms with van der Waals surface area (Å²) < 4.78 is 19.2. The SMILES string of the molecule is CCc1ccccc1NC(=O)N[C@@H]1CCCC[C@@H]1NC(=O)c1csc(COc2ccccc2F)n1. The van der Waals surface area contributed by atoms with E-state index < -0.39 is 5.82 Å². The van der Waals surface area contributed by atoms with Crippen molar-refractivity contribution in [3.8, 4) is 5.75 Å². The predicted octanol–water partition coefficient (Wildman–Crippen LogP) is 5.29. The van der Waals surface area contributed by atoms with Crippen molar-refractivity contribution in [2.24, 2.45) is 0 Å². The summed E-state index contributed by atoms with van der Waals surface area (Å²) in [5, 5.41) is 11.2. The number of amides is 3. The van der Waals surface area contributed by atoms with Gasteiger partial charge in [0.1, 0.15) is 17.3 Å². The maximum absolute atomic E-state index is 13.7. The number of para-hydroxylation sites is 2. The molecule has 35 heavy (non-hydrogen) atoms. The highest BCUT2D eigenvalue weighted by molar-refractivity contribution is 7.09. The van der Waals surface area contributed by atoms with Crippen molar-refractivity contribution >= 4 is 29.0 Å². The number of rotatable bonds is 8. The Hall–Kier alpha value is -3.46. The van der Waals surface area contributed by atoms with E-state index in [9.17, 15) is 14.0 Å². The van der Waals surface area contributed by atoms with E-state index in [1.807, 2.05) is 31.2 Å². The molecule has 9 heteroatoms. The van der Waals surface area contributed by atoms with Crippen LogP contribution < -0.4 is 20.7 Å². The van der Waals surface area contributed by atoms with Gasteiger partial charge in [-0.3, -0.25) is 4.79 Å². The third kappa shape index (κ3) is 6.57. The number of ether oxygens (including phenoxy) is 1. The highest BCUT2D eigenvalue weighted by atomic mass is 32.1. The predicted molar refractivity (Wildman–Crippen MR) is 134 cm³/mol. The summed E-state index contributed by atoms with van der Waals surface area (Å²) in [5.74, 6) is -0.599. The van der Waals surface area contributed by atoms with Crippen molar-refractivity contribution in [2.75, 3.05) is 5.32 Å². The molecule has 0 radical (unpaired) electrons. The number of nitrogens with zero attached hydrogens (tertiary/aromatic N) is 1. The van der Waals surface area contributed by atoms with E-state index in [0.29, 0.717) is 5.01 Å².